The van der Waals surface area contributed by atoms with Crippen LogP contribution in [0.3, 0.4) is 0 Å². The van der Waals surface area contributed by atoms with Crippen molar-refractivity contribution in [3.63, 3.8) is 0 Å². The average molecular weight is 488 g/mol. The topological polar surface area (TPSA) is 81.1 Å². The quantitative estimate of drug-likeness (QED) is 0.277. The van der Waals surface area contributed by atoms with Crippen LogP contribution in [0.5, 0.6) is 5.75 Å². The molecule has 0 saturated heterocycles. The second kappa shape index (κ2) is 11.6. The number of ether oxygens (including phenoxy) is 1. The van der Waals surface area contributed by atoms with E-state index in [1.54, 1.807) is 11.8 Å². The Morgan fingerprint density at radius 2 is 1.71 bits per heavy atom. The number of anilines is 1. The van der Waals surface area contributed by atoms with Gasteiger partial charge in [-0.3, -0.25) is 4.57 Å². The molecular formula is C27H29N5O2S. The van der Waals surface area contributed by atoms with Crippen molar-refractivity contribution in [2.75, 3.05) is 11.9 Å². The Hall–Kier alpha value is -3.78. The highest BCUT2D eigenvalue weighted by Gasteiger charge is 2.21. The van der Waals surface area contributed by atoms with E-state index in [2.05, 4.69) is 52.0 Å². The van der Waals surface area contributed by atoms with Crippen LogP contribution in [0.2, 0.25) is 0 Å². The SMILES string of the molecule is CCOc1ccc(NC(=O)NC(C)c2nnc(SCc3ccccc3)n2-c2ccc(C)cc2)cc1. The Bertz CT molecular complexity index is 1240. The fourth-order valence-corrected chi connectivity index (χ4v) is 4.46. The molecule has 1 aromatic heterocycles. The van der Waals surface area contributed by atoms with E-state index < -0.39 is 0 Å². The van der Waals surface area contributed by atoms with E-state index in [-0.39, 0.29) is 12.1 Å². The molecule has 0 aliphatic rings. The summed E-state index contributed by atoms with van der Waals surface area (Å²) >= 11 is 1.61. The van der Waals surface area contributed by atoms with Gasteiger partial charge in [0.15, 0.2) is 11.0 Å². The molecule has 35 heavy (non-hydrogen) atoms. The Balaban J connectivity index is 1.51. The number of aryl methyl sites for hydroxylation is 1. The first-order valence-electron chi connectivity index (χ1n) is 11.5. The molecule has 4 rings (SSSR count). The van der Waals surface area contributed by atoms with Crippen LogP contribution in [0.25, 0.3) is 5.69 Å². The number of nitrogens with one attached hydrogen (secondary N) is 2. The van der Waals surface area contributed by atoms with E-state index in [1.807, 2.05) is 73.0 Å². The van der Waals surface area contributed by atoms with Crippen molar-refractivity contribution >= 4 is 23.5 Å². The summed E-state index contributed by atoms with van der Waals surface area (Å²) in [7, 11) is 0. The number of thioether (sulfide) groups is 1. The molecule has 0 aliphatic heterocycles. The van der Waals surface area contributed by atoms with E-state index in [0.29, 0.717) is 18.1 Å². The lowest BCUT2D eigenvalue weighted by atomic mass is 10.2. The van der Waals surface area contributed by atoms with Gasteiger partial charge < -0.3 is 15.4 Å². The van der Waals surface area contributed by atoms with Crippen LogP contribution in [0.4, 0.5) is 10.5 Å². The number of nitrogens with zero attached hydrogens (tertiary/aromatic N) is 3. The summed E-state index contributed by atoms with van der Waals surface area (Å²) in [6.07, 6.45) is 0. The largest absolute Gasteiger partial charge is 0.494 e. The predicted molar refractivity (Wildman–Crippen MR) is 140 cm³/mol. The third-order valence-electron chi connectivity index (χ3n) is 5.32. The lowest BCUT2D eigenvalue weighted by Gasteiger charge is -2.17. The normalized spacial score (nSPS) is 11.6. The number of hydrogen-bond acceptors (Lipinski definition) is 5. The number of hydrogen-bond donors (Lipinski definition) is 2. The minimum atomic E-state index is -0.377. The van der Waals surface area contributed by atoms with Crippen LogP contribution in [0, 0.1) is 6.92 Å². The van der Waals surface area contributed by atoms with Crippen LogP contribution in [0.1, 0.15) is 36.8 Å². The minimum Gasteiger partial charge on any atom is -0.494 e. The Morgan fingerprint density at radius 3 is 2.40 bits per heavy atom. The van der Waals surface area contributed by atoms with Crippen molar-refractivity contribution in [2.45, 2.75) is 37.7 Å². The Morgan fingerprint density at radius 1 is 1.00 bits per heavy atom. The van der Waals surface area contributed by atoms with Gasteiger partial charge in [0, 0.05) is 17.1 Å². The van der Waals surface area contributed by atoms with Gasteiger partial charge in [-0.15, -0.1) is 10.2 Å². The second-order valence-corrected chi connectivity index (χ2v) is 9.01. The molecule has 0 fully saturated rings. The zero-order valence-electron chi connectivity index (χ0n) is 20.1. The summed E-state index contributed by atoms with van der Waals surface area (Å²) < 4.78 is 7.46. The molecule has 0 radical (unpaired) electrons. The molecule has 1 heterocycles. The van der Waals surface area contributed by atoms with E-state index in [1.165, 1.54) is 11.1 Å². The molecule has 0 bridgehead atoms. The van der Waals surface area contributed by atoms with Gasteiger partial charge >= 0.3 is 6.03 Å². The van der Waals surface area contributed by atoms with Gasteiger partial charge in [0.1, 0.15) is 5.75 Å². The van der Waals surface area contributed by atoms with E-state index in [4.69, 9.17) is 4.74 Å². The maximum atomic E-state index is 12.7. The van der Waals surface area contributed by atoms with Crippen molar-refractivity contribution in [2.24, 2.45) is 0 Å². The highest BCUT2D eigenvalue weighted by atomic mass is 32.2. The summed E-state index contributed by atoms with van der Waals surface area (Å²) in [5.41, 5.74) is 4.00. The number of benzene rings is 3. The number of amides is 2. The zero-order valence-corrected chi connectivity index (χ0v) is 20.9. The molecule has 3 aromatic carbocycles. The number of rotatable bonds is 9. The summed E-state index contributed by atoms with van der Waals surface area (Å²) in [4.78, 5) is 12.7. The first-order chi connectivity index (χ1) is 17.0. The molecule has 1 unspecified atom stereocenters. The first-order valence-corrected chi connectivity index (χ1v) is 12.5. The molecule has 1 atom stereocenters. The maximum absolute atomic E-state index is 12.7. The fraction of sp³-hybridized carbons (Fsp3) is 0.222. The van der Waals surface area contributed by atoms with Crippen molar-refractivity contribution < 1.29 is 9.53 Å². The lowest BCUT2D eigenvalue weighted by Crippen LogP contribution is -2.32. The zero-order chi connectivity index (χ0) is 24.6. The highest BCUT2D eigenvalue weighted by Crippen LogP contribution is 2.28. The molecule has 2 amide bonds. The van der Waals surface area contributed by atoms with Crippen molar-refractivity contribution in [3.8, 4) is 11.4 Å². The number of carbonyl (C=O) groups is 1. The molecule has 8 heteroatoms. The van der Waals surface area contributed by atoms with Gasteiger partial charge in [0.25, 0.3) is 0 Å². The molecule has 2 N–H and O–H groups in total. The molecule has 4 aromatic rings. The van der Waals surface area contributed by atoms with E-state index in [0.717, 1.165) is 22.3 Å². The molecule has 0 saturated carbocycles. The molecule has 7 nitrogen and oxygen atoms in total. The summed E-state index contributed by atoms with van der Waals surface area (Å²) in [5.74, 6) is 2.19. The standard InChI is InChI=1S/C27H29N5O2S/c1-4-34-24-16-12-22(13-17-24)29-26(33)28-20(3)25-30-31-27(35-18-21-8-6-5-7-9-21)32(25)23-14-10-19(2)11-15-23/h5-17,20H,4,18H2,1-3H3,(H2,28,29,33). The van der Waals surface area contributed by atoms with Gasteiger partial charge in [0.2, 0.25) is 0 Å². The maximum Gasteiger partial charge on any atom is 0.319 e. The lowest BCUT2D eigenvalue weighted by molar-refractivity contribution is 0.248. The second-order valence-electron chi connectivity index (χ2n) is 8.06. The number of aromatic nitrogens is 3. The Labute approximate surface area is 209 Å². The third kappa shape index (κ3) is 6.42. The summed E-state index contributed by atoms with van der Waals surface area (Å²) in [6, 6.07) is 25.0. The molecular weight excluding hydrogens is 458 g/mol. The summed E-state index contributed by atoms with van der Waals surface area (Å²) in [5, 5.41) is 15.5. The van der Waals surface area contributed by atoms with E-state index in [9.17, 15) is 4.79 Å². The number of urea groups is 1. The van der Waals surface area contributed by atoms with Crippen LogP contribution in [0.15, 0.2) is 84.0 Å². The van der Waals surface area contributed by atoms with Gasteiger partial charge in [-0.25, -0.2) is 4.79 Å². The van der Waals surface area contributed by atoms with E-state index >= 15 is 0 Å². The fourth-order valence-electron chi connectivity index (χ4n) is 3.54. The number of carbonyl (C=O) groups excluding carboxylic acids is 1. The van der Waals surface area contributed by atoms with Gasteiger partial charge in [-0.05, 0) is 62.7 Å². The van der Waals surface area contributed by atoms with Crippen LogP contribution < -0.4 is 15.4 Å². The highest BCUT2D eigenvalue weighted by molar-refractivity contribution is 7.98. The first kappa shape index (κ1) is 24.3. The monoisotopic (exact) mass is 487 g/mol. The van der Waals surface area contributed by atoms with Crippen LogP contribution >= 0.6 is 11.8 Å². The molecule has 180 valence electrons. The smallest absolute Gasteiger partial charge is 0.319 e. The molecule has 0 spiro atoms. The van der Waals surface area contributed by atoms with Crippen LogP contribution in [-0.2, 0) is 5.75 Å². The van der Waals surface area contributed by atoms with Crippen molar-refractivity contribution in [1.82, 2.24) is 20.1 Å². The minimum absolute atomic E-state index is 0.321. The Kier molecular flexibility index (Phi) is 8.05. The van der Waals surface area contributed by atoms with Gasteiger partial charge in [-0.1, -0.05) is 59.8 Å². The summed E-state index contributed by atoms with van der Waals surface area (Å²) in [6.45, 7) is 6.48. The van der Waals surface area contributed by atoms with Gasteiger partial charge in [0.05, 0.1) is 12.6 Å². The van der Waals surface area contributed by atoms with Crippen LogP contribution in [-0.4, -0.2) is 27.4 Å². The van der Waals surface area contributed by atoms with Crippen molar-refractivity contribution in [3.05, 3.63) is 95.8 Å². The van der Waals surface area contributed by atoms with Gasteiger partial charge in [-0.2, -0.15) is 0 Å². The predicted octanol–water partition coefficient (Wildman–Crippen LogP) is 6.15. The van der Waals surface area contributed by atoms with Crippen molar-refractivity contribution in [1.29, 1.82) is 0 Å². The third-order valence-corrected chi connectivity index (χ3v) is 6.32. The molecule has 0 aliphatic carbocycles. The average Bonchev–Trinajstić information content (AvgIpc) is 3.29.